The topological polar surface area (TPSA) is 54.5 Å². The largest absolute Gasteiger partial charge is 0.497 e. The minimum absolute atomic E-state index is 0.0484. The predicted molar refractivity (Wildman–Crippen MR) is 95.7 cm³/mol. The van der Waals surface area contributed by atoms with Crippen molar-refractivity contribution in [3.63, 3.8) is 0 Å². The first-order valence-corrected chi connectivity index (χ1v) is 9.07. The SMILES string of the molecule is COc1cccc([C@@H](CNC(=O)c2cnc(C)s2)N2CCCC2)c1. The fourth-order valence-electron chi connectivity index (χ4n) is 3.10. The van der Waals surface area contributed by atoms with Crippen LogP contribution in [-0.2, 0) is 0 Å². The Balaban J connectivity index is 1.73. The van der Waals surface area contributed by atoms with E-state index in [1.807, 2.05) is 19.1 Å². The standard InChI is InChI=1S/C18H23N3O2S/c1-13-19-12-17(24-13)18(22)20-11-16(21-8-3-4-9-21)14-6-5-7-15(10-14)23-2/h5-7,10,12,16H,3-4,8-9,11H2,1-2H3,(H,20,22)/t16-/m1/s1. The summed E-state index contributed by atoms with van der Waals surface area (Å²) < 4.78 is 5.35. The minimum Gasteiger partial charge on any atom is -0.497 e. The lowest BCUT2D eigenvalue weighted by molar-refractivity contribution is 0.0942. The van der Waals surface area contributed by atoms with Gasteiger partial charge < -0.3 is 10.1 Å². The lowest BCUT2D eigenvalue weighted by atomic mass is 10.0. The number of carbonyl (C=O) groups is 1. The third-order valence-corrected chi connectivity index (χ3v) is 5.27. The molecule has 24 heavy (non-hydrogen) atoms. The van der Waals surface area contributed by atoms with Gasteiger partial charge in [0.15, 0.2) is 0 Å². The van der Waals surface area contributed by atoms with Crippen LogP contribution in [0.15, 0.2) is 30.5 Å². The van der Waals surface area contributed by atoms with E-state index in [1.54, 1.807) is 13.3 Å². The van der Waals surface area contributed by atoms with E-state index in [1.165, 1.54) is 29.7 Å². The number of methoxy groups -OCH3 is 1. The lowest BCUT2D eigenvalue weighted by Gasteiger charge is -2.28. The first-order valence-electron chi connectivity index (χ1n) is 8.26. The van der Waals surface area contributed by atoms with Gasteiger partial charge >= 0.3 is 0 Å². The Labute approximate surface area is 146 Å². The number of rotatable bonds is 6. The Morgan fingerprint density at radius 1 is 1.42 bits per heavy atom. The second-order valence-electron chi connectivity index (χ2n) is 5.99. The zero-order chi connectivity index (χ0) is 16.9. The number of nitrogens with one attached hydrogen (secondary N) is 1. The van der Waals surface area contributed by atoms with Crippen LogP contribution < -0.4 is 10.1 Å². The van der Waals surface area contributed by atoms with Crippen LogP contribution in [0.1, 0.15) is 39.1 Å². The highest BCUT2D eigenvalue weighted by Crippen LogP contribution is 2.27. The van der Waals surface area contributed by atoms with Crippen molar-refractivity contribution in [3.8, 4) is 5.75 Å². The van der Waals surface area contributed by atoms with E-state index in [-0.39, 0.29) is 11.9 Å². The van der Waals surface area contributed by atoms with Crippen LogP contribution in [0, 0.1) is 6.92 Å². The number of thiazole rings is 1. The van der Waals surface area contributed by atoms with Crippen molar-refractivity contribution in [3.05, 3.63) is 45.9 Å². The summed E-state index contributed by atoms with van der Waals surface area (Å²) in [6, 6.07) is 8.29. The number of aromatic nitrogens is 1. The molecule has 1 amide bonds. The number of hydrogen-bond acceptors (Lipinski definition) is 5. The first kappa shape index (κ1) is 16.9. The summed E-state index contributed by atoms with van der Waals surface area (Å²) in [6.07, 6.45) is 4.07. The maximum absolute atomic E-state index is 12.3. The smallest absolute Gasteiger partial charge is 0.263 e. The van der Waals surface area contributed by atoms with Gasteiger partial charge in [0.25, 0.3) is 5.91 Å². The Bertz CT molecular complexity index is 695. The van der Waals surface area contributed by atoms with E-state index < -0.39 is 0 Å². The molecule has 0 bridgehead atoms. The number of benzene rings is 1. The van der Waals surface area contributed by atoms with Gasteiger partial charge in [-0.2, -0.15) is 0 Å². The molecule has 0 aliphatic carbocycles. The highest BCUT2D eigenvalue weighted by atomic mass is 32.1. The molecule has 2 aromatic rings. The first-order chi connectivity index (χ1) is 11.7. The van der Waals surface area contributed by atoms with E-state index in [9.17, 15) is 4.79 Å². The molecule has 1 aromatic carbocycles. The number of carbonyl (C=O) groups excluding carboxylic acids is 1. The van der Waals surface area contributed by atoms with Crippen molar-refractivity contribution < 1.29 is 9.53 Å². The average Bonchev–Trinajstić information content (AvgIpc) is 3.27. The van der Waals surface area contributed by atoms with Gasteiger partial charge in [-0.25, -0.2) is 4.98 Å². The molecule has 1 fully saturated rings. The molecule has 1 aliphatic heterocycles. The van der Waals surface area contributed by atoms with E-state index in [4.69, 9.17) is 4.74 Å². The van der Waals surface area contributed by atoms with E-state index in [2.05, 4.69) is 27.3 Å². The maximum atomic E-state index is 12.3. The number of hydrogen-bond donors (Lipinski definition) is 1. The molecule has 1 aromatic heterocycles. The molecule has 0 saturated carbocycles. The summed E-state index contributed by atoms with van der Waals surface area (Å²) >= 11 is 1.42. The van der Waals surface area contributed by atoms with Crippen molar-refractivity contribution in [2.75, 3.05) is 26.7 Å². The Morgan fingerprint density at radius 2 is 2.21 bits per heavy atom. The molecule has 1 atom stereocenters. The molecule has 128 valence electrons. The zero-order valence-electron chi connectivity index (χ0n) is 14.1. The van der Waals surface area contributed by atoms with E-state index in [0.29, 0.717) is 11.4 Å². The van der Waals surface area contributed by atoms with Gasteiger partial charge in [-0.3, -0.25) is 9.69 Å². The highest BCUT2D eigenvalue weighted by molar-refractivity contribution is 7.13. The molecule has 0 spiro atoms. The Kier molecular flexibility index (Phi) is 5.48. The number of likely N-dealkylation sites (tertiary alicyclic amines) is 1. The van der Waals surface area contributed by atoms with Crippen LogP contribution in [0.4, 0.5) is 0 Å². The summed E-state index contributed by atoms with van der Waals surface area (Å²) in [4.78, 5) is 19.6. The van der Waals surface area contributed by atoms with Crippen molar-refractivity contribution in [2.45, 2.75) is 25.8 Å². The third-order valence-electron chi connectivity index (χ3n) is 4.36. The quantitative estimate of drug-likeness (QED) is 0.874. The van der Waals surface area contributed by atoms with Crippen LogP contribution in [0.25, 0.3) is 0 Å². The summed E-state index contributed by atoms with van der Waals surface area (Å²) in [5.74, 6) is 0.800. The fraction of sp³-hybridized carbons (Fsp3) is 0.444. The summed E-state index contributed by atoms with van der Waals surface area (Å²) in [5, 5.41) is 3.98. The van der Waals surface area contributed by atoms with Crippen molar-refractivity contribution >= 4 is 17.2 Å². The predicted octanol–water partition coefficient (Wildman–Crippen LogP) is 3.03. The van der Waals surface area contributed by atoms with Gasteiger partial charge in [0.05, 0.1) is 24.4 Å². The van der Waals surface area contributed by atoms with Gasteiger partial charge in [0.1, 0.15) is 10.6 Å². The van der Waals surface area contributed by atoms with Crippen molar-refractivity contribution in [1.29, 1.82) is 0 Å². The van der Waals surface area contributed by atoms with Gasteiger partial charge in [-0.15, -0.1) is 11.3 Å². The minimum atomic E-state index is -0.0484. The van der Waals surface area contributed by atoms with E-state index in [0.717, 1.165) is 23.8 Å². The molecule has 3 rings (SSSR count). The second-order valence-corrected chi connectivity index (χ2v) is 7.22. The molecule has 1 N–H and O–H groups in total. The Morgan fingerprint density at radius 3 is 2.88 bits per heavy atom. The van der Waals surface area contributed by atoms with Gasteiger partial charge in [-0.1, -0.05) is 12.1 Å². The zero-order valence-corrected chi connectivity index (χ0v) is 14.9. The average molecular weight is 345 g/mol. The molecular formula is C18H23N3O2S. The van der Waals surface area contributed by atoms with Crippen LogP contribution in [0.3, 0.4) is 0 Å². The highest BCUT2D eigenvalue weighted by Gasteiger charge is 2.24. The molecule has 2 heterocycles. The molecule has 5 nitrogen and oxygen atoms in total. The summed E-state index contributed by atoms with van der Waals surface area (Å²) in [6.45, 7) is 4.63. The normalized spacial score (nSPS) is 16.1. The summed E-state index contributed by atoms with van der Waals surface area (Å²) in [5.41, 5.74) is 1.18. The number of amides is 1. The van der Waals surface area contributed by atoms with Gasteiger partial charge in [-0.05, 0) is 50.6 Å². The number of nitrogens with zero attached hydrogens (tertiary/aromatic N) is 2. The van der Waals surface area contributed by atoms with E-state index >= 15 is 0 Å². The van der Waals surface area contributed by atoms with Crippen LogP contribution in [0.2, 0.25) is 0 Å². The second kappa shape index (κ2) is 7.77. The molecular weight excluding hydrogens is 322 g/mol. The van der Waals surface area contributed by atoms with Crippen LogP contribution in [-0.4, -0.2) is 42.5 Å². The van der Waals surface area contributed by atoms with Gasteiger partial charge in [0, 0.05) is 6.54 Å². The third kappa shape index (κ3) is 3.94. The van der Waals surface area contributed by atoms with Crippen molar-refractivity contribution in [2.24, 2.45) is 0 Å². The van der Waals surface area contributed by atoms with Crippen LogP contribution in [0.5, 0.6) is 5.75 Å². The lowest BCUT2D eigenvalue weighted by Crippen LogP contribution is -2.36. The molecule has 1 saturated heterocycles. The maximum Gasteiger partial charge on any atom is 0.263 e. The monoisotopic (exact) mass is 345 g/mol. The number of ether oxygens (including phenoxy) is 1. The Hall–Kier alpha value is -1.92. The fourth-order valence-corrected chi connectivity index (χ4v) is 3.80. The van der Waals surface area contributed by atoms with Crippen LogP contribution >= 0.6 is 11.3 Å². The molecule has 0 unspecified atom stereocenters. The molecule has 1 aliphatic rings. The molecule has 0 radical (unpaired) electrons. The molecule has 6 heteroatoms. The number of aryl methyl sites for hydroxylation is 1. The summed E-state index contributed by atoms with van der Waals surface area (Å²) in [7, 11) is 1.68. The van der Waals surface area contributed by atoms with Crippen molar-refractivity contribution in [1.82, 2.24) is 15.2 Å². The van der Waals surface area contributed by atoms with Gasteiger partial charge in [0.2, 0.25) is 0 Å².